The summed E-state index contributed by atoms with van der Waals surface area (Å²) in [5.41, 5.74) is 4.66. The van der Waals surface area contributed by atoms with Crippen molar-refractivity contribution in [2.75, 3.05) is 18.9 Å². The maximum atomic E-state index is 4.60. The maximum Gasteiger partial charge on any atom is 0.138 e. The van der Waals surface area contributed by atoms with Crippen LogP contribution < -0.4 is 5.32 Å². The van der Waals surface area contributed by atoms with Gasteiger partial charge in [-0.25, -0.2) is 9.97 Å². The Labute approximate surface area is 144 Å². The monoisotopic (exact) mass is 328 g/mol. The zero-order valence-electron chi connectivity index (χ0n) is 15.4. The highest BCUT2D eigenvalue weighted by Crippen LogP contribution is 2.30. The molecule has 24 heavy (non-hydrogen) atoms. The molecule has 130 valence electrons. The standard InChI is InChI=1S/C18H28N6/c1-12(2)9-24-17(13(3)4)16(8-21-24)22-18-14-10-23(5)7-6-15(14)19-11-20-18/h8,11-13H,6-7,9-10H2,1-5H3,(H,19,20,22). The van der Waals surface area contributed by atoms with Crippen LogP contribution in [0.4, 0.5) is 11.5 Å². The Morgan fingerprint density at radius 3 is 2.71 bits per heavy atom. The molecule has 3 heterocycles. The zero-order valence-corrected chi connectivity index (χ0v) is 15.4. The van der Waals surface area contributed by atoms with Gasteiger partial charge in [-0.3, -0.25) is 4.68 Å². The molecule has 0 unspecified atom stereocenters. The third kappa shape index (κ3) is 3.43. The second-order valence-electron chi connectivity index (χ2n) is 7.43. The van der Waals surface area contributed by atoms with Crippen molar-refractivity contribution in [1.82, 2.24) is 24.6 Å². The molecule has 2 aromatic heterocycles. The van der Waals surface area contributed by atoms with Gasteiger partial charge < -0.3 is 10.2 Å². The SMILES string of the molecule is CC(C)Cn1ncc(Nc2ncnc3c2CN(C)CC3)c1C(C)C. The number of nitrogens with one attached hydrogen (secondary N) is 1. The molecule has 0 aromatic carbocycles. The summed E-state index contributed by atoms with van der Waals surface area (Å²) < 4.78 is 2.12. The van der Waals surface area contributed by atoms with E-state index in [-0.39, 0.29) is 0 Å². The highest BCUT2D eigenvalue weighted by atomic mass is 15.3. The van der Waals surface area contributed by atoms with Gasteiger partial charge in [-0.2, -0.15) is 5.10 Å². The molecule has 6 heteroatoms. The van der Waals surface area contributed by atoms with Crippen LogP contribution in [0.15, 0.2) is 12.5 Å². The third-order valence-corrected chi connectivity index (χ3v) is 4.41. The normalized spacial score (nSPS) is 15.1. The van der Waals surface area contributed by atoms with Crippen molar-refractivity contribution >= 4 is 11.5 Å². The summed E-state index contributed by atoms with van der Waals surface area (Å²) in [6.07, 6.45) is 4.57. The molecule has 0 amide bonds. The molecular weight excluding hydrogens is 300 g/mol. The molecule has 2 aromatic rings. The summed E-state index contributed by atoms with van der Waals surface area (Å²) in [5, 5.41) is 8.14. The van der Waals surface area contributed by atoms with Crippen LogP contribution in [0.1, 0.15) is 50.6 Å². The number of aromatic nitrogens is 4. The Morgan fingerprint density at radius 1 is 1.21 bits per heavy atom. The Hall–Kier alpha value is -1.95. The first-order valence-electron chi connectivity index (χ1n) is 8.79. The second kappa shape index (κ2) is 6.89. The predicted molar refractivity (Wildman–Crippen MR) is 96.5 cm³/mol. The molecule has 3 rings (SSSR count). The largest absolute Gasteiger partial charge is 0.337 e. The van der Waals surface area contributed by atoms with E-state index in [1.54, 1.807) is 6.33 Å². The molecule has 0 saturated heterocycles. The summed E-state index contributed by atoms with van der Waals surface area (Å²) in [5.74, 6) is 1.88. The number of nitrogens with zero attached hydrogens (tertiary/aromatic N) is 5. The van der Waals surface area contributed by atoms with Crippen LogP contribution in [0, 0.1) is 5.92 Å². The number of hydrogen-bond donors (Lipinski definition) is 1. The van der Waals surface area contributed by atoms with Gasteiger partial charge in [0.2, 0.25) is 0 Å². The van der Waals surface area contributed by atoms with Gasteiger partial charge in [0.25, 0.3) is 0 Å². The molecule has 0 radical (unpaired) electrons. The van der Waals surface area contributed by atoms with E-state index < -0.39 is 0 Å². The number of hydrogen-bond acceptors (Lipinski definition) is 5. The lowest BCUT2D eigenvalue weighted by Gasteiger charge is -2.25. The molecule has 0 aliphatic carbocycles. The van der Waals surface area contributed by atoms with Crippen molar-refractivity contribution in [2.45, 2.75) is 53.1 Å². The first-order valence-corrected chi connectivity index (χ1v) is 8.79. The lowest BCUT2D eigenvalue weighted by Crippen LogP contribution is -2.28. The fourth-order valence-corrected chi connectivity index (χ4v) is 3.30. The molecule has 1 N–H and O–H groups in total. The fraction of sp³-hybridized carbons (Fsp3) is 0.611. The van der Waals surface area contributed by atoms with Crippen molar-refractivity contribution in [3.8, 4) is 0 Å². The molecule has 0 spiro atoms. The summed E-state index contributed by atoms with van der Waals surface area (Å²) >= 11 is 0. The van der Waals surface area contributed by atoms with E-state index in [1.165, 1.54) is 11.3 Å². The van der Waals surface area contributed by atoms with E-state index in [0.717, 1.165) is 43.3 Å². The summed E-state index contributed by atoms with van der Waals surface area (Å²) in [6.45, 7) is 11.7. The van der Waals surface area contributed by atoms with Gasteiger partial charge >= 0.3 is 0 Å². The highest BCUT2D eigenvalue weighted by molar-refractivity contribution is 5.62. The van der Waals surface area contributed by atoms with Crippen LogP contribution in [-0.4, -0.2) is 38.2 Å². The van der Waals surface area contributed by atoms with Crippen molar-refractivity contribution in [3.05, 3.63) is 29.5 Å². The van der Waals surface area contributed by atoms with Crippen LogP contribution in [-0.2, 0) is 19.5 Å². The van der Waals surface area contributed by atoms with Crippen LogP contribution in [0.25, 0.3) is 0 Å². The van der Waals surface area contributed by atoms with Crippen molar-refractivity contribution in [1.29, 1.82) is 0 Å². The number of likely N-dealkylation sites (N-methyl/N-ethyl adjacent to an activating group) is 1. The van der Waals surface area contributed by atoms with Crippen LogP contribution in [0.3, 0.4) is 0 Å². The minimum Gasteiger partial charge on any atom is -0.337 e. The number of rotatable bonds is 5. The molecule has 0 bridgehead atoms. The van der Waals surface area contributed by atoms with E-state index in [4.69, 9.17) is 0 Å². The molecule has 0 fully saturated rings. The van der Waals surface area contributed by atoms with Gasteiger partial charge in [-0.05, 0) is 18.9 Å². The van der Waals surface area contributed by atoms with Gasteiger partial charge in [-0.1, -0.05) is 27.7 Å². The lowest BCUT2D eigenvalue weighted by atomic mass is 10.1. The van der Waals surface area contributed by atoms with E-state index in [1.807, 2.05) is 6.20 Å². The quantitative estimate of drug-likeness (QED) is 0.913. The Bertz CT molecular complexity index is 704. The average Bonchev–Trinajstić information content (AvgIpc) is 2.89. The lowest BCUT2D eigenvalue weighted by molar-refractivity contribution is 0.310. The van der Waals surface area contributed by atoms with E-state index >= 15 is 0 Å². The molecular formula is C18H28N6. The molecule has 0 atom stereocenters. The van der Waals surface area contributed by atoms with Gasteiger partial charge in [0.05, 0.1) is 23.3 Å². The average molecular weight is 328 g/mol. The first kappa shape index (κ1) is 16.9. The summed E-state index contributed by atoms with van der Waals surface area (Å²) in [4.78, 5) is 11.3. The van der Waals surface area contributed by atoms with Gasteiger partial charge in [0.1, 0.15) is 12.1 Å². The van der Waals surface area contributed by atoms with E-state index in [2.05, 4.69) is 64.7 Å². The summed E-state index contributed by atoms with van der Waals surface area (Å²) in [7, 11) is 2.14. The second-order valence-corrected chi connectivity index (χ2v) is 7.43. The molecule has 6 nitrogen and oxygen atoms in total. The van der Waals surface area contributed by atoms with Gasteiger partial charge in [0, 0.05) is 31.6 Å². The summed E-state index contributed by atoms with van der Waals surface area (Å²) in [6, 6.07) is 0. The van der Waals surface area contributed by atoms with Crippen LogP contribution >= 0.6 is 0 Å². The van der Waals surface area contributed by atoms with Crippen LogP contribution in [0.5, 0.6) is 0 Å². The van der Waals surface area contributed by atoms with Gasteiger partial charge in [0.15, 0.2) is 0 Å². The van der Waals surface area contributed by atoms with Crippen molar-refractivity contribution in [3.63, 3.8) is 0 Å². The highest BCUT2D eigenvalue weighted by Gasteiger charge is 2.21. The Morgan fingerprint density at radius 2 is 2.00 bits per heavy atom. The fourth-order valence-electron chi connectivity index (χ4n) is 3.30. The maximum absolute atomic E-state index is 4.60. The molecule has 1 aliphatic rings. The van der Waals surface area contributed by atoms with Crippen molar-refractivity contribution < 1.29 is 0 Å². The Balaban J connectivity index is 1.93. The van der Waals surface area contributed by atoms with Crippen LogP contribution in [0.2, 0.25) is 0 Å². The smallest absolute Gasteiger partial charge is 0.138 e. The zero-order chi connectivity index (χ0) is 17.3. The molecule has 0 saturated carbocycles. The minimum absolute atomic E-state index is 0.397. The van der Waals surface area contributed by atoms with Gasteiger partial charge in [-0.15, -0.1) is 0 Å². The number of anilines is 2. The third-order valence-electron chi connectivity index (χ3n) is 4.41. The first-order chi connectivity index (χ1) is 11.5. The van der Waals surface area contributed by atoms with Crippen molar-refractivity contribution in [2.24, 2.45) is 5.92 Å². The predicted octanol–water partition coefficient (Wildman–Crippen LogP) is 3.18. The minimum atomic E-state index is 0.397. The van der Waals surface area contributed by atoms with E-state index in [0.29, 0.717) is 11.8 Å². The Kier molecular flexibility index (Phi) is 4.85. The molecule has 1 aliphatic heterocycles. The number of fused-ring (bicyclic) bond motifs is 1. The van der Waals surface area contributed by atoms with E-state index in [9.17, 15) is 0 Å². The topological polar surface area (TPSA) is 58.9 Å².